The molecule has 27 heavy (non-hydrogen) atoms. The molecule has 0 spiro atoms. The average Bonchev–Trinajstić information content (AvgIpc) is 3.48. The van der Waals surface area contributed by atoms with Gasteiger partial charge in [-0.2, -0.15) is 4.98 Å². The summed E-state index contributed by atoms with van der Waals surface area (Å²) in [4.78, 5) is 7.08. The summed E-state index contributed by atoms with van der Waals surface area (Å²) in [6.07, 6.45) is 7.01. The smallest absolute Gasteiger partial charge is 0.255 e. The van der Waals surface area contributed by atoms with Crippen LogP contribution in [0, 0.1) is 0 Å². The lowest BCUT2D eigenvalue weighted by molar-refractivity contribution is 0.0835. The molecule has 1 aliphatic carbocycles. The maximum Gasteiger partial charge on any atom is 0.255 e. The number of aromatic nitrogens is 2. The predicted molar refractivity (Wildman–Crippen MR) is 96.3 cm³/mol. The second-order valence-electron chi connectivity index (χ2n) is 7.58. The van der Waals surface area contributed by atoms with E-state index in [1.165, 1.54) is 31.2 Å². The van der Waals surface area contributed by atoms with Crippen LogP contribution in [0.25, 0.3) is 0 Å². The molecule has 0 bridgehead atoms. The van der Waals surface area contributed by atoms with Crippen LogP contribution >= 0.6 is 0 Å². The summed E-state index contributed by atoms with van der Waals surface area (Å²) in [5, 5.41) is 4.22. The van der Waals surface area contributed by atoms with Crippen molar-refractivity contribution >= 4 is 0 Å². The van der Waals surface area contributed by atoms with Crippen LogP contribution in [0.5, 0.6) is 11.5 Å². The average molecular weight is 371 g/mol. The third-order valence-corrected chi connectivity index (χ3v) is 5.70. The third-order valence-electron chi connectivity index (χ3n) is 5.70. The summed E-state index contributed by atoms with van der Waals surface area (Å²) in [6, 6.07) is 6.75. The summed E-state index contributed by atoms with van der Waals surface area (Å²) in [5.41, 5.74) is 1.22. The predicted octanol–water partition coefficient (Wildman–Crippen LogP) is 3.59. The molecular formula is C20H25N3O4. The Morgan fingerprint density at radius 1 is 1.00 bits per heavy atom. The standard InChI is InChI=1S/C20H25N3O4/c1-2-5-15(4-1)23(11-14-7-8-16-18(10-14)26-13-25-16)12-19-21-20(27-22-19)17-6-3-9-24-17/h7-8,10,15,17H,1-6,9,11-13H2. The minimum atomic E-state index is -0.0277. The quantitative estimate of drug-likeness (QED) is 0.768. The summed E-state index contributed by atoms with van der Waals surface area (Å²) in [6.45, 7) is 2.61. The molecule has 7 nitrogen and oxygen atoms in total. The first-order chi connectivity index (χ1) is 13.3. The monoisotopic (exact) mass is 371 g/mol. The van der Waals surface area contributed by atoms with Gasteiger partial charge in [0.1, 0.15) is 6.10 Å². The minimum absolute atomic E-state index is 0.0277. The highest BCUT2D eigenvalue weighted by Crippen LogP contribution is 2.34. The van der Waals surface area contributed by atoms with Crippen molar-refractivity contribution in [3.63, 3.8) is 0 Å². The molecule has 2 aliphatic heterocycles. The number of benzene rings is 1. The first kappa shape index (κ1) is 17.0. The van der Waals surface area contributed by atoms with Gasteiger partial charge in [-0.1, -0.05) is 24.1 Å². The van der Waals surface area contributed by atoms with Gasteiger partial charge in [0.15, 0.2) is 17.3 Å². The molecule has 0 N–H and O–H groups in total. The number of rotatable bonds is 6. The van der Waals surface area contributed by atoms with E-state index in [4.69, 9.17) is 18.7 Å². The lowest BCUT2D eigenvalue weighted by atomic mass is 10.1. The topological polar surface area (TPSA) is 69.9 Å². The zero-order chi connectivity index (χ0) is 18.1. The molecule has 2 aromatic rings. The zero-order valence-corrected chi connectivity index (χ0v) is 15.4. The van der Waals surface area contributed by atoms with Crippen molar-refractivity contribution in [3.8, 4) is 11.5 Å². The Labute approximate surface area is 158 Å². The molecule has 3 aliphatic rings. The number of hydrogen-bond donors (Lipinski definition) is 0. The van der Waals surface area contributed by atoms with Crippen LogP contribution in [-0.4, -0.2) is 34.5 Å². The molecule has 2 fully saturated rings. The van der Waals surface area contributed by atoms with Crippen LogP contribution in [0.15, 0.2) is 22.7 Å². The first-order valence-corrected chi connectivity index (χ1v) is 9.92. The Morgan fingerprint density at radius 3 is 2.74 bits per heavy atom. The van der Waals surface area contributed by atoms with Gasteiger partial charge >= 0.3 is 0 Å². The molecule has 1 atom stereocenters. The maximum atomic E-state index is 5.66. The van der Waals surface area contributed by atoms with Gasteiger partial charge < -0.3 is 18.7 Å². The Balaban J connectivity index is 1.32. The van der Waals surface area contributed by atoms with E-state index in [1.807, 2.05) is 6.07 Å². The van der Waals surface area contributed by atoms with Crippen molar-refractivity contribution in [2.24, 2.45) is 0 Å². The van der Waals surface area contributed by atoms with Crippen LogP contribution in [0.1, 0.15) is 61.9 Å². The van der Waals surface area contributed by atoms with Crippen molar-refractivity contribution in [3.05, 3.63) is 35.5 Å². The largest absolute Gasteiger partial charge is 0.454 e. The molecule has 5 rings (SSSR count). The van der Waals surface area contributed by atoms with Crippen LogP contribution in [0.2, 0.25) is 0 Å². The summed E-state index contributed by atoms with van der Waals surface area (Å²) >= 11 is 0. The van der Waals surface area contributed by atoms with Crippen molar-refractivity contribution in [1.29, 1.82) is 0 Å². The van der Waals surface area contributed by atoms with Gasteiger partial charge in [0.2, 0.25) is 6.79 Å². The van der Waals surface area contributed by atoms with E-state index >= 15 is 0 Å². The van der Waals surface area contributed by atoms with Crippen LogP contribution < -0.4 is 9.47 Å². The number of nitrogens with zero attached hydrogens (tertiary/aromatic N) is 3. The molecule has 144 valence electrons. The number of ether oxygens (including phenoxy) is 3. The SMILES string of the molecule is c1cc2c(cc1CN(Cc1noc(C3CCCO3)n1)C1CCCC1)OCO2. The van der Waals surface area contributed by atoms with Gasteiger partial charge in [0.05, 0.1) is 6.54 Å². The van der Waals surface area contributed by atoms with Gasteiger partial charge in [-0.15, -0.1) is 0 Å². The van der Waals surface area contributed by atoms with Gasteiger partial charge in [0.25, 0.3) is 5.89 Å². The van der Waals surface area contributed by atoms with Crippen molar-refractivity contribution in [1.82, 2.24) is 15.0 Å². The second-order valence-corrected chi connectivity index (χ2v) is 7.58. The van der Waals surface area contributed by atoms with Gasteiger partial charge in [-0.05, 0) is 43.4 Å². The maximum absolute atomic E-state index is 5.66. The van der Waals surface area contributed by atoms with Crippen molar-refractivity contribution < 1.29 is 18.7 Å². The fraction of sp³-hybridized carbons (Fsp3) is 0.600. The summed E-state index contributed by atoms with van der Waals surface area (Å²) < 4.78 is 22.1. The molecule has 7 heteroatoms. The van der Waals surface area contributed by atoms with Crippen LogP contribution in [-0.2, 0) is 17.8 Å². The van der Waals surface area contributed by atoms with E-state index in [1.54, 1.807) is 0 Å². The molecule has 0 radical (unpaired) electrons. The Kier molecular flexibility index (Phi) is 4.71. The number of fused-ring (bicyclic) bond motifs is 1. The van der Waals surface area contributed by atoms with E-state index < -0.39 is 0 Å². The zero-order valence-electron chi connectivity index (χ0n) is 15.4. The Hall–Kier alpha value is -2.12. The fourth-order valence-corrected chi connectivity index (χ4v) is 4.27. The first-order valence-electron chi connectivity index (χ1n) is 9.92. The van der Waals surface area contributed by atoms with Crippen molar-refractivity contribution in [2.45, 2.75) is 63.8 Å². The van der Waals surface area contributed by atoms with Crippen LogP contribution in [0.3, 0.4) is 0 Å². The van der Waals surface area contributed by atoms with E-state index in [0.717, 1.165) is 43.3 Å². The van der Waals surface area contributed by atoms with Crippen LogP contribution in [0.4, 0.5) is 0 Å². The highest BCUT2D eigenvalue weighted by molar-refractivity contribution is 5.44. The molecule has 1 unspecified atom stereocenters. The molecule has 1 saturated heterocycles. The van der Waals surface area contributed by atoms with E-state index in [2.05, 4.69) is 27.2 Å². The lowest BCUT2D eigenvalue weighted by Gasteiger charge is -2.27. The normalized spacial score (nSPS) is 22.2. The van der Waals surface area contributed by atoms with E-state index in [9.17, 15) is 0 Å². The summed E-state index contributed by atoms with van der Waals surface area (Å²) in [7, 11) is 0. The molecule has 3 heterocycles. The van der Waals surface area contributed by atoms with E-state index in [0.29, 0.717) is 25.3 Å². The third kappa shape index (κ3) is 3.66. The Bertz CT molecular complexity index is 781. The lowest BCUT2D eigenvalue weighted by Crippen LogP contribution is -2.32. The second kappa shape index (κ2) is 7.48. The summed E-state index contributed by atoms with van der Waals surface area (Å²) in [5.74, 6) is 3.02. The highest BCUT2D eigenvalue weighted by atomic mass is 16.7. The van der Waals surface area contributed by atoms with Gasteiger partial charge in [-0.25, -0.2) is 0 Å². The number of hydrogen-bond acceptors (Lipinski definition) is 7. The Morgan fingerprint density at radius 2 is 1.89 bits per heavy atom. The van der Waals surface area contributed by atoms with E-state index in [-0.39, 0.29) is 6.10 Å². The molecule has 1 aromatic heterocycles. The fourth-order valence-electron chi connectivity index (χ4n) is 4.27. The molecular weight excluding hydrogens is 346 g/mol. The van der Waals surface area contributed by atoms with Crippen molar-refractivity contribution in [2.75, 3.05) is 13.4 Å². The molecule has 1 aromatic carbocycles. The highest BCUT2D eigenvalue weighted by Gasteiger charge is 2.27. The van der Waals surface area contributed by atoms with Gasteiger partial charge in [0, 0.05) is 19.2 Å². The molecule has 1 saturated carbocycles. The minimum Gasteiger partial charge on any atom is -0.454 e. The van der Waals surface area contributed by atoms with Gasteiger partial charge in [-0.3, -0.25) is 4.90 Å². The molecule has 0 amide bonds.